The van der Waals surface area contributed by atoms with Crippen LogP contribution in [0.3, 0.4) is 0 Å². The molecule has 0 spiro atoms. The van der Waals surface area contributed by atoms with Gasteiger partial charge in [-0.3, -0.25) is 14.4 Å². The topological polar surface area (TPSA) is 88.1 Å². The highest BCUT2D eigenvalue weighted by Gasteiger charge is 2.23. The summed E-state index contributed by atoms with van der Waals surface area (Å²) < 4.78 is 4.88. The van der Waals surface area contributed by atoms with E-state index in [4.69, 9.17) is 4.74 Å². The van der Waals surface area contributed by atoms with Gasteiger partial charge in [-0.1, -0.05) is 18.2 Å². The van der Waals surface area contributed by atoms with E-state index in [9.17, 15) is 14.4 Å². The summed E-state index contributed by atoms with van der Waals surface area (Å²) in [6.45, 7) is 3.86. The van der Waals surface area contributed by atoms with Gasteiger partial charge < -0.3 is 15.0 Å². The Labute approximate surface area is 168 Å². The molecule has 7 nitrogen and oxygen atoms in total. The maximum Gasteiger partial charge on any atom is 0.307 e. The molecule has 0 atom stereocenters. The van der Waals surface area contributed by atoms with Crippen molar-refractivity contribution in [2.45, 2.75) is 26.2 Å². The van der Waals surface area contributed by atoms with E-state index in [0.717, 1.165) is 11.3 Å². The first-order valence-electron chi connectivity index (χ1n) is 9.34. The minimum Gasteiger partial charge on any atom is -0.466 e. The zero-order chi connectivity index (χ0) is 19.9. The molecule has 2 aliphatic rings. The van der Waals surface area contributed by atoms with Crippen molar-refractivity contribution >= 4 is 46.4 Å². The number of nitrogens with zero attached hydrogens (tertiary/aromatic N) is 2. The van der Waals surface area contributed by atoms with Crippen LogP contribution in [-0.4, -0.2) is 49.1 Å². The van der Waals surface area contributed by atoms with Crippen LogP contribution in [0.25, 0.3) is 6.08 Å². The molecule has 0 unspecified atom stereocenters. The second kappa shape index (κ2) is 9.54. The zero-order valence-corrected chi connectivity index (χ0v) is 16.6. The van der Waals surface area contributed by atoms with Gasteiger partial charge in [0.05, 0.1) is 17.9 Å². The predicted molar refractivity (Wildman–Crippen MR) is 110 cm³/mol. The van der Waals surface area contributed by atoms with E-state index in [2.05, 4.69) is 15.2 Å². The van der Waals surface area contributed by atoms with E-state index in [1.54, 1.807) is 6.92 Å². The lowest BCUT2D eigenvalue weighted by atomic mass is 10.1. The normalized spacial score (nSPS) is 18.4. The fraction of sp³-hybridized carbons (Fsp3) is 0.400. The van der Waals surface area contributed by atoms with E-state index < -0.39 is 0 Å². The van der Waals surface area contributed by atoms with Crippen molar-refractivity contribution in [1.29, 1.82) is 0 Å². The van der Waals surface area contributed by atoms with E-state index in [-0.39, 0.29) is 18.3 Å². The molecule has 1 saturated heterocycles. The van der Waals surface area contributed by atoms with E-state index >= 15 is 0 Å². The Kier molecular flexibility index (Phi) is 6.86. The lowest BCUT2D eigenvalue weighted by molar-refractivity contribution is -0.142. The first-order valence-corrected chi connectivity index (χ1v) is 10.2. The summed E-state index contributed by atoms with van der Waals surface area (Å²) in [5.41, 5.74) is 1.94. The molecule has 1 aromatic rings. The Hall–Kier alpha value is -2.61. The van der Waals surface area contributed by atoms with Gasteiger partial charge in [0.15, 0.2) is 5.17 Å². The van der Waals surface area contributed by atoms with Gasteiger partial charge in [0.1, 0.15) is 5.78 Å². The molecule has 0 aliphatic carbocycles. The number of amidine groups is 1. The van der Waals surface area contributed by atoms with E-state index in [1.165, 1.54) is 11.8 Å². The number of benzene rings is 1. The minimum absolute atomic E-state index is 0.219. The van der Waals surface area contributed by atoms with Crippen LogP contribution in [0.5, 0.6) is 0 Å². The molecule has 1 fully saturated rings. The molecular weight excluding hydrogens is 378 g/mol. The third-order valence-corrected chi connectivity index (χ3v) is 5.36. The smallest absolute Gasteiger partial charge is 0.307 e. The molecule has 1 aromatic carbocycles. The number of esters is 1. The molecule has 8 heteroatoms. The van der Waals surface area contributed by atoms with Crippen molar-refractivity contribution in [2.24, 2.45) is 4.99 Å². The highest BCUT2D eigenvalue weighted by atomic mass is 32.2. The summed E-state index contributed by atoms with van der Waals surface area (Å²) >= 11 is 1.26. The summed E-state index contributed by atoms with van der Waals surface area (Å²) in [5, 5.41) is 3.49. The van der Waals surface area contributed by atoms with Crippen LogP contribution in [0.1, 0.15) is 31.7 Å². The van der Waals surface area contributed by atoms with Gasteiger partial charge in [-0.25, -0.2) is 0 Å². The molecule has 1 amide bonds. The Morgan fingerprint density at radius 3 is 2.79 bits per heavy atom. The van der Waals surface area contributed by atoms with Crippen LogP contribution in [0.4, 0.5) is 5.69 Å². The number of thioether (sulfide) groups is 1. The Morgan fingerprint density at radius 1 is 1.29 bits per heavy atom. The van der Waals surface area contributed by atoms with Crippen LogP contribution in [0.2, 0.25) is 0 Å². The molecule has 0 bridgehead atoms. The summed E-state index contributed by atoms with van der Waals surface area (Å²) in [4.78, 5) is 41.9. The average molecular weight is 401 g/mol. The number of rotatable bonds is 6. The van der Waals surface area contributed by atoms with Crippen LogP contribution < -0.4 is 10.2 Å². The maximum atomic E-state index is 12.3. The number of carbonyl (C=O) groups excluding carboxylic acids is 3. The zero-order valence-electron chi connectivity index (χ0n) is 15.8. The second-order valence-corrected chi connectivity index (χ2v) is 7.43. The number of hydrogen-bond acceptors (Lipinski definition) is 7. The highest BCUT2D eigenvalue weighted by molar-refractivity contribution is 8.18. The molecule has 2 aliphatic heterocycles. The van der Waals surface area contributed by atoms with Gasteiger partial charge in [0.25, 0.3) is 5.91 Å². The number of Topliss-reactive ketones (excluding diaryl/α,β-unsaturated/α-hetero) is 1. The first-order chi connectivity index (χ1) is 13.6. The number of ether oxygens (including phenoxy) is 1. The Bertz CT molecular complexity index is 824. The minimum atomic E-state index is -0.299. The van der Waals surface area contributed by atoms with Gasteiger partial charge in [0, 0.05) is 38.2 Å². The lowest BCUT2D eigenvalue weighted by Crippen LogP contribution is -2.34. The number of carbonyl (C=O) groups is 3. The predicted octanol–water partition coefficient (Wildman–Crippen LogP) is 2.37. The number of ketones is 1. The van der Waals surface area contributed by atoms with Gasteiger partial charge in [-0.05, 0) is 36.4 Å². The molecule has 1 N–H and O–H groups in total. The van der Waals surface area contributed by atoms with Crippen molar-refractivity contribution in [3.8, 4) is 0 Å². The fourth-order valence-corrected chi connectivity index (χ4v) is 3.86. The number of piperidine rings is 1. The van der Waals surface area contributed by atoms with Crippen molar-refractivity contribution in [1.82, 2.24) is 5.32 Å². The number of para-hydroxylation sites is 1. The third kappa shape index (κ3) is 5.22. The number of amides is 1. The SMILES string of the molecule is CCOC(=O)CCNC1=NC(=O)/C(=C\c2ccccc2N2CCC(=O)CC2)S1. The largest absolute Gasteiger partial charge is 0.466 e. The van der Waals surface area contributed by atoms with Crippen LogP contribution in [0.15, 0.2) is 34.2 Å². The average Bonchev–Trinajstić information content (AvgIpc) is 3.02. The second-order valence-electron chi connectivity index (χ2n) is 6.40. The molecular formula is C20H23N3O4S. The summed E-state index contributed by atoms with van der Waals surface area (Å²) in [7, 11) is 0. The molecule has 0 aromatic heterocycles. The number of anilines is 1. The quantitative estimate of drug-likeness (QED) is 0.578. The van der Waals surface area contributed by atoms with Gasteiger partial charge in [-0.2, -0.15) is 4.99 Å². The fourth-order valence-electron chi connectivity index (χ4n) is 3.03. The lowest BCUT2D eigenvalue weighted by Gasteiger charge is -2.29. The van der Waals surface area contributed by atoms with Crippen LogP contribution in [0, 0.1) is 0 Å². The van der Waals surface area contributed by atoms with Crippen molar-refractivity contribution in [3.63, 3.8) is 0 Å². The van der Waals surface area contributed by atoms with E-state index in [1.807, 2.05) is 30.3 Å². The summed E-state index contributed by atoms with van der Waals surface area (Å²) in [6, 6.07) is 7.84. The first kappa shape index (κ1) is 20.1. The Morgan fingerprint density at radius 2 is 2.04 bits per heavy atom. The molecule has 28 heavy (non-hydrogen) atoms. The van der Waals surface area contributed by atoms with Crippen molar-refractivity contribution in [2.75, 3.05) is 31.1 Å². The van der Waals surface area contributed by atoms with Gasteiger partial charge in [0.2, 0.25) is 0 Å². The van der Waals surface area contributed by atoms with Crippen molar-refractivity contribution < 1.29 is 19.1 Å². The molecule has 3 rings (SSSR count). The molecule has 0 saturated carbocycles. The van der Waals surface area contributed by atoms with Crippen molar-refractivity contribution in [3.05, 3.63) is 34.7 Å². The number of hydrogen-bond donors (Lipinski definition) is 1. The van der Waals surface area contributed by atoms with Gasteiger partial charge >= 0.3 is 5.97 Å². The molecule has 0 radical (unpaired) electrons. The molecule has 2 heterocycles. The third-order valence-electron chi connectivity index (χ3n) is 4.42. The van der Waals surface area contributed by atoms with Gasteiger partial charge in [-0.15, -0.1) is 0 Å². The molecule has 148 valence electrons. The number of aliphatic imine (C=N–C) groups is 1. The van der Waals surface area contributed by atoms with Crippen LogP contribution >= 0.6 is 11.8 Å². The van der Waals surface area contributed by atoms with Crippen LogP contribution in [-0.2, 0) is 19.1 Å². The standard InChI is InChI=1S/C20H23N3O4S/c1-2-27-18(25)7-10-21-20-22-19(26)17(28-20)13-14-5-3-4-6-16(14)23-11-8-15(24)9-12-23/h3-6,13H,2,7-12H2,1H3,(H,21,22,26)/b17-13+. The number of nitrogens with one attached hydrogen (secondary N) is 1. The van der Waals surface area contributed by atoms with E-state index in [0.29, 0.717) is 54.9 Å². The Balaban J connectivity index is 1.64. The summed E-state index contributed by atoms with van der Waals surface area (Å²) in [6.07, 6.45) is 3.16. The summed E-state index contributed by atoms with van der Waals surface area (Å²) in [5.74, 6) is -0.289. The maximum absolute atomic E-state index is 12.3. The highest BCUT2D eigenvalue weighted by Crippen LogP contribution is 2.31. The monoisotopic (exact) mass is 401 g/mol.